The molecule has 0 saturated heterocycles. The number of aliphatic hydroxyl groups is 1. The Balaban J connectivity index is 1.56. The van der Waals surface area contributed by atoms with Gasteiger partial charge in [0, 0.05) is 36.8 Å². The molecule has 1 aliphatic heterocycles. The molecule has 0 spiro atoms. The van der Waals surface area contributed by atoms with E-state index in [0.717, 1.165) is 19.0 Å². The number of benzene rings is 1. The van der Waals surface area contributed by atoms with Crippen molar-refractivity contribution in [2.75, 3.05) is 43.9 Å². The molecule has 1 aliphatic carbocycles. The van der Waals surface area contributed by atoms with Gasteiger partial charge in [-0.3, -0.25) is 4.79 Å². The Kier molecular flexibility index (Phi) is 8.39. The SMILES string of the molecule is Cc1noc(C)c1NC(=O)Nc1ccc2c(c1)CC(=O)N([C@@H](C)CO)C[C@@H](C)[C@@H](CN(C)CC1CC1)O2. The number of aromatic nitrogens is 1. The summed E-state index contributed by atoms with van der Waals surface area (Å²) in [7, 11) is 2.12. The van der Waals surface area contributed by atoms with E-state index in [-0.39, 0.29) is 37.0 Å². The number of likely N-dealkylation sites (N-methyl/N-ethyl adjacent to an activating group) is 1. The maximum absolute atomic E-state index is 13.4. The van der Waals surface area contributed by atoms with Crippen molar-refractivity contribution in [1.29, 1.82) is 0 Å². The number of anilines is 2. The zero-order valence-corrected chi connectivity index (χ0v) is 22.4. The third kappa shape index (κ3) is 6.81. The maximum Gasteiger partial charge on any atom is 0.323 e. The number of hydrogen-bond acceptors (Lipinski definition) is 7. The summed E-state index contributed by atoms with van der Waals surface area (Å²) in [5.74, 6) is 1.90. The van der Waals surface area contributed by atoms with Crippen molar-refractivity contribution in [3.05, 3.63) is 35.2 Å². The number of ether oxygens (including phenoxy) is 1. The van der Waals surface area contributed by atoms with Gasteiger partial charge in [-0.25, -0.2) is 4.79 Å². The Morgan fingerprint density at radius 1 is 1.27 bits per heavy atom. The van der Waals surface area contributed by atoms with Crippen molar-refractivity contribution >= 4 is 23.3 Å². The van der Waals surface area contributed by atoms with Gasteiger partial charge in [0.05, 0.1) is 19.1 Å². The topological polar surface area (TPSA) is 120 Å². The summed E-state index contributed by atoms with van der Waals surface area (Å²) >= 11 is 0. The molecule has 10 nitrogen and oxygen atoms in total. The molecule has 1 saturated carbocycles. The summed E-state index contributed by atoms with van der Waals surface area (Å²) in [5.41, 5.74) is 2.35. The highest BCUT2D eigenvalue weighted by Gasteiger charge is 2.32. The van der Waals surface area contributed by atoms with E-state index in [1.807, 2.05) is 13.0 Å². The monoisotopic (exact) mass is 513 g/mol. The third-order valence-electron chi connectivity index (χ3n) is 7.20. The highest BCUT2D eigenvalue weighted by molar-refractivity contribution is 6.00. The second-order valence-electron chi connectivity index (χ2n) is 10.7. The van der Waals surface area contributed by atoms with Gasteiger partial charge in [0.1, 0.15) is 23.2 Å². The van der Waals surface area contributed by atoms with Gasteiger partial charge in [0.2, 0.25) is 5.91 Å². The number of urea groups is 1. The maximum atomic E-state index is 13.4. The molecular formula is C27H39N5O5. The van der Waals surface area contributed by atoms with Crippen LogP contribution >= 0.6 is 0 Å². The lowest BCUT2D eigenvalue weighted by Gasteiger charge is -2.34. The van der Waals surface area contributed by atoms with E-state index < -0.39 is 6.03 Å². The number of aryl methyl sites for hydroxylation is 2. The lowest BCUT2D eigenvalue weighted by Crippen LogP contribution is -2.47. The molecule has 0 bridgehead atoms. The van der Waals surface area contributed by atoms with E-state index in [2.05, 4.69) is 34.7 Å². The predicted molar refractivity (Wildman–Crippen MR) is 141 cm³/mol. The van der Waals surface area contributed by atoms with Gasteiger partial charge in [-0.05, 0) is 64.8 Å². The van der Waals surface area contributed by atoms with Crippen LogP contribution in [0.2, 0.25) is 0 Å². The van der Waals surface area contributed by atoms with Gasteiger partial charge in [-0.1, -0.05) is 12.1 Å². The molecule has 202 valence electrons. The van der Waals surface area contributed by atoms with Crippen molar-refractivity contribution in [3.63, 3.8) is 0 Å². The first-order valence-electron chi connectivity index (χ1n) is 13.0. The van der Waals surface area contributed by atoms with Gasteiger partial charge in [0.15, 0.2) is 5.76 Å². The minimum atomic E-state index is -0.437. The summed E-state index contributed by atoms with van der Waals surface area (Å²) in [4.78, 5) is 30.1. The van der Waals surface area contributed by atoms with Crippen LogP contribution in [0.3, 0.4) is 0 Å². The first kappa shape index (κ1) is 26.9. The van der Waals surface area contributed by atoms with Gasteiger partial charge >= 0.3 is 6.03 Å². The molecule has 2 aliphatic rings. The molecule has 4 rings (SSSR count). The van der Waals surface area contributed by atoms with E-state index in [4.69, 9.17) is 9.26 Å². The number of hydrogen-bond donors (Lipinski definition) is 3. The van der Waals surface area contributed by atoms with Crippen molar-refractivity contribution < 1.29 is 24.0 Å². The van der Waals surface area contributed by atoms with Crippen molar-refractivity contribution in [2.45, 2.75) is 59.1 Å². The van der Waals surface area contributed by atoms with Crippen LogP contribution in [0.25, 0.3) is 0 Å². The van der Waals surface area contributed by atoms with Gasteiger partial charge in [-0.15, -0.1) is 0 Å². The molecule has 1 fully saturated rings. The molecule has 1 aromatic heterocycles. The number of fused-ring (bicyclic) bond motifs is 1. The van der Waals surface area contributed by atoms with E-state index in [0.29, 0.717) is 40.7 Å². The third-order valence-corrected chi connectivity index (χ3v) is 7.20. The van der Waals surface area contributed by atoms with Crippen LogP contribution in [-0.4, -0.2) is 77.4 Å². The second-order valence-corrected chi connectivity index (χ2v) is 10.7. The van der Waals surface area contributed by atoms with E-state index >= 15 is 0 Å². The van der Waals surface area contributed by atoms with Crippen LogP contribution in [0.4, 0.5) is 16.2 Å². The predicted octanol–water partition coefficient (Wildman–Crippen LogP) is 3.43. The number of carbonyl (C=O) groups excluding carboxylic acids is 2. The smallest absolute Gasteiger partial charge is 0.323 e. The molecular weight excluding hydrogens is 474 g/mol. The Bertz CT molecular complexity index is 1100. The largest absolute Gasteiger partial charge is 0.488 e. The molecule has 2 aromatic rings. The fourth-order valence-electron chi connectivity index (χ4n) is 4.79. The van der Waals surface area contributed by atoms with Gasteiger partial charge in [0.25, 0.3) is 0 Å². The zero-order valence-electron chi connectivity index (χ0n) is 22.4. The number of nitrogens with zero attached hydrogens (tertiary/aromatic N) is 3. The molecule has 1 aromatic carbocycles. The minimum Gasteiger partial charge on any atom is -0.488 e. The number of carbonyl (C=O) groups is 2. The Labute approximate surface area is 218 Å². The van der Waals surface area contributed by atoms with Crippen LogP contribution in [0.1, 0.15) is 43.7 Å². The first-order valence-corrected chi connectivity index (χ1v) is 13.0. The molecule has 37 heavy (non-hydrogen) atoms. The van der Waals surface area contributed by atoms with Crippen LogP contribution < -0.4 is 15.4 Å². The first-order chi connectivity index (χ1) is 17.6. The summed E-state index contributed by atoms with van der Waals surface area (Å²) in [6.07, 6.45) is 2.54. The normalized spacial score (nSPS) is 20.9. The lowest BCUT2D eigenvalue weighted by atomic mass is 10.0. The molecule has 3 amide bonds. The van der Waals surface area contributed by atoms with Crippen LogP contribution in [0.5, 0.6) is 5.75 Å². The molecule has 3 atom stereocenters. The van der Waals surface area contributed by atoms with E-state index in [9.17, 15) is 14.7 Å². The van der Waals surface area contributed by atoms with Crippen molar-refractivity contribution in [3.8, 4) is 5.75 Å². The van der Waals surface area contributed by atoms with Crippen LogP contribution in [0, 0.1) is 25.7 Å². The second kappa shape index (κ2) is 11.5. The summed E-state index contributed by atoms with van der Waals surface area (Å²) in [6, 6.07) is 4.64. The van der Waals surface area contributed by atoms with E-state index in [1.54, 1.807) is 30.9 Å². The average Bonchev–Trinajstić information content (AvgIpc) is 3.61. The van der Waals surface area contributed by atoms with Crippen molar-refractivity contribution in [2.24, 2.45) is 11.8 Å². The Morgan fingerprint density at radius 2 is 2.03 bits per heavy atom. The van der Waals surface area contributed by atoms with Crippen LogP contribution in [-0.2, 0) is 11.2 Å². The summed E-state index contributed by atoms with van der Waals surface area (Å²) in [5, 5.41) is 19.3. The number of aliphatic hydroxyl groups excluding tert-OH is 1. The number of nitrogens with one attached hydrogen (secondary N) is 2. The minimum absolute atomic E-state index is 0.0594. The Hall–Kier alpha value is -3.11. The average molecular weight is 514 g/mol. The number of amides is 3. The summed E-state index contributed by atoms with van der Waals surface area (Å²) < 4.78 is 11.7. The van der Waals surface area contributed by atoms with Crippen LogP contribution in [0.15, 0.2) is 22.7 Å². The molecule has 0 radical (unpaired) electrons. The molecule has 2 heterocycles. The highest BCUT2D eigenvalue weighted by atomic mass is 16.5. The molecule has 10 heteroatoms. The summed E-state index contributed by atoms with van der Waals surface area (Å²) in [6.45, 7) is 9.61. The van der Waals surface area contributed by atoms with Gasteiger partial charge < -0.3 is 34.8 Å². The zero-order chi connectivity index (χ0) is 26.7. The standard InChI is InChI=1S/C27H39N5O5/c1-16-12-32(17(2)15-33)25(34)11-21-10-22(28-27(35)29-26-18(3)30-37-19(26)4)8-9-23(21)36-24(16)14-31(5)13-20-6-7-20/h8-10,16-17,20,24,33H,6-7,11-15H2,1-5H3,(H2,28,29,35)/t16-,17+,24-/m1/s1. The lowest BCUT2D eigenvalue weighted by molar-refractivity contribution is -0.134. The Morgan fingerprint density at radius 3 is 2.68 bits per heavy atom. The highest BCUT2D eigenvalue weighted by Crippen LogP contribution is 2.31. The quantitative estimate of drug-likeness (QED) is 0.495. The van der Waals surface area contributed by atoms with Gasteiger partial charge in [-0.2, -0.15) is 0 Å². The van der Waals surface area contributed by atoms with Crippen molar-refractivity contribution in [1.82, 2.24) is 15.0 Å². The molecule has 3 N–H and O–H groups in total. The van der Waals surface area contributed by atoms with E-state index in [1.165, 1.54) is 12.8 Å². The molecule has 0 unspecified atom stereocenters. The fourth-order valence-corrected chi connectivity index (χ4v) is 4.79. The number of rotatable bonds is 8. The fraction of sp³-hybridized carbons (Fsp3) is 0.593.